The Hall–Kier alpha value is -4.28. The lowest BCUT2D eigenvalue weighted by Crippen LogP contribution is -2.20. The molecule has 0 spiro atoms. The second-order valence-electron chi connectivity index (χ2n) is 10.7. The molecule has 8 nitrogen and oxygen atoms in total. The maximum absolute atomic E-state index is 16.2. The molecule has 1 saturated carbocycles. The van der Waals surface area contributed by atoms with Gasteiger partial charge in [-0.2, -0.15) is 5.10 Å². The molecule has 7 rings (SSSR count). The molecule has 0 atom stereocenters. The van der Waals surface area contributed by atoms with Crippen LogP contribution in [-0.2, 0) is 6.54 Å². The fourth-order valence-electron chi connectivity index (χ4n) is 5.71. The highest BCUT2D eigenvalue weighted by atomic mass is 32.1. The van der Waals surface area contributed by atoms with Crippen LogP contribution < -0.4 is 5.32 Å². The maximum atomic E-state index is 16.2. The first-order chi connectivity index (χ1) is 20.0. The van der Waals surface area contributed by atoms with Crippen LogP contribution in [0.2, 0.25) is 0 Å². The summed E-state index contributed by atoms with van der Waals surface area (Å²) in [6.07, 6.45) is 10.3. The molecule has 1 aliphatic rings. The van der Waals surface area contributed by atoms with Crippen molar-refractivity contribution in [3.05, 3.63) is 71.2 Å². The van der Waals surface area contributed by atoms with Crippen LogP contribution in [0.25, 0.3) is 55.2 Å². The second-order valence-corrected chi connectivity index (χ2v) is 11.7. The molecule has 0 radical (unpaired) electrons. The maximum Gasteiger partial charge on any atom is 0.169 e. The van der Waals surface area contributed by atoms with E-state index in [1.807, 2.05) is 42.6 Å². The minimum absolute atomic E-state index is 0.0279. The Morgan fingerprint density at radius 1 is 1.10 bits per heavy atom. The van der Waals surface area contributed by atoms with Crippen LogP contribution in [0.4, 0.5) is 4.39 Å². The van der Waals surface area contributed by atoms with E-state index in [9.17, 15) is 4.79 Å². The molecule has 41 heavy (non-hydrogen) atoms. The number of hydrogen-bond donors (Lipinski definition) is 3. The van der Waals surface area contributed by atoms with Gasteiger partial charge in [-0.3, -0.25) is 19.9 Å². The summed E-state index contributed by atoms with van der Waals surface area (Å²) < 4.78 is 16.2. The van der Waals surface area contributed by atoms with Crippen molar-refractivity contribution < 1.29 is 9.18 Å². The number of ketones is 1. The number of nitrogens with one attached hydrogen (secondary N) is 3. The first kappa shape index (κ1) is 25.7. The lowest BCUT2D eigenvalue weighted by atomic mass is 10.1. The molecule has 0 amide bonds. The largest absolute Gasteiger partial charge is 0.337 e. The molecule has 6 aromatic rings. The van der Waals surface area contributed by atoms with Crippen LogP contribution in [0.3, 0.4) is 0 Å². The number of nitrogens with zero attached hydrogens (tertiary/aromatic N) is 4. The molecule has 206 valence electrons. The Bertz CT molecular complexity index is 1900. The van der Waals surface area contributed by atoms with Gasteiger partial charge in [0.15, 0.2) is 17.4 Å². The quantitative estimate of drug-likeness (QED) is 0.173. The van der Waals surface area contributed by atoms with Gasteiger partial charge < -0.3 is 10.3 Å². The zero-order chi connectivity index (χ0) is 27.9. The van der Waals surface area contributed by atoms with Gasteiger partial charge in [0.1, 0.15) is 11.4 Å². The summed E-state index contributed by atoms with van der Waals surface area (Å²) in [5.74, 6) is 0.736. The molecule has 0 unspecified atom stereocenters. The van der Waals surface area contributed by atoms with E-state index in [1.54, 1.807) is 19.3 Å². The number of aromatic amines is 2. The van der Waals surface area contributed by atoms with Crippen LogP contribution in [-0.4, -0.2) is 42.5 Å². The number of fused-ring (bicyclic) bond motifs is 2. The number of H-pyrrole nitrogens is 2. The lowest BCUT2D eigenvalue weighted by Gasteiger charge is -2.11. The van der Waals surface area contributed by atoms with E-state index in [4.69, 9.17) is 4.98 Å². The predicted molar refractivity (Wildman–Crippen MR) is 159 cm³/mol. The molecule has 1 aliphatic carbocycles. The number of carbonyl (C=O) groups excluding carboxylic acids is 1. The number of carbonyl (C=O) groups is 1. The monoisotopic (exact) mass is 565 g/mol. The number of hydrogen-bond acceptors (Lipinski definition) is 7. The van der Waals surface area contributed by atoms with Crippen LogP contribution >= 0.6 is 11.3 Å². The first-order valence-electron chi connectivity index (χ1n) is 13.8. The highest BCUT2D eigenvalue weighted by Crippen LogP contribution is 2.36. The summed E-state index contributed by atoms with van der Waals surface area (Å²) in [4.78, 5) is 30.4. The zero-order valence-corrected chi connectivity index (χ0v) is 23.3. The fraction of sp³-hybridized carbons (Fsp3) is 0.258. The van der Waals surface area contributed by atoms with Gasteiger partial charge in [-0.05, 0) is 62.1 Å². The minimum Gasteiger partial charge on any atom is -0.337 e. The van der Waals surface area contributed by atoms with Crippen molar-refractivity contribution in [2.24, 2.45) is 5.92 Å². The SMILES string of the molecule is CC(=O)c1ccc(-c2cccc3[nH]c(-c4n[nH]c5cnc(-c6cncc(CNCC7CCCC7)c6)c(F)c45)nc23)s1. The molecular weight excluding hydrogens is 537 g/mol. The lowest BCUT2D eigenvalue weighted by molar-refractivity contribution is 0.102. The van der Waals surface area contributed by atoms with Crippen molar-refractivity contribution in [3.63, 3.8) is 0 Å². The Kier molecular flexibility index (Phi) is 6.64. The van der Waals surface area contributed by atoms with E-state index in [0.717, 1.165) is 39.5 Å². The third-order valence-electron chi connectivity index (χ3n) is 7.81. The standard InChI is InChI=1S/C31H28FN7OS/c1-17(40)24-9-10-25(41-24)21-7-4-8-22-29(21)37-31(36-22)30-26-23(38-39-30)16-35-28(27(26)32)20-11-19(14-34-15-20)13-33-12-18-5-2-3-6-18/h4,7-11,14-16,18,33H,2-3,5-6,12-13H2,1H3,(H,36,37)(H,38,39). The van der Waals surface area contributed by atoms with Crippen molar-refractivity contribution in [2.75, 3.05) is 6.54 Å². The predicted octanol–water partition coefficient (Wildman–Crippen LogP) is 6.91. The summed E-state index contributed by atoms with van der Waals surface area (Å²) in [5.41, 5.74) is 5.10. The summed E-state index contributed by atoms with van der Waals surface area (Å²) >= 11 is 1.43. The molecule has 5 aromatic heterocycles. The molecule has 10 heteroatoms. The Labute approximate surface area is 239 Å². The Morgan fingerprint density at radius 2 is 1.98 bits per heavy atom. The Balaban J connectivity index is 1.23. The van der Waals surface area contributed by atoms with Crippen molar-refractivity contribution >= 4 is 39.1 Å². The van der Waals surface area contributed by atoms with E-state index in [1.165, 1.54) is 37.0 Å². The number of para-hydroxylation sites is 1. The second kappa shape index (κ2) is 10.6. The topological polar surface area (TPSA) is 112 Å². The first-order valence-corrected chi connectivity index (χ1v) is 14.6. The minimum atomic E-state index is -0.478. The Morgan fingerprint density at radius 3 is 2.80 bits per heavy atom. The van der Waals surface area contributed by atoms with Crippen LogP contribution in [0, 0.1) is 11.7 Å². The number of rotatable bonds is 8. The highest BCUT2D eigenvalue weighted by molar-refractivity contribution is 7.17. The number of thiophene rings is 1. The smallest absolute Gasteiger partial charge is 0.169 e. The van der Waals surface area contributed by atoms with E-state index in [2.05, 4.69) is 30.5 Å². The van der Waals surface area contributed by atoms with Gasteiger partial charge in [-0.25, -0.2) is 9.37 Å². The molecule has 1 fully saturated rings. The highest BCUT2D eigenvalue weighted by Gasteiger charge is 2.22. The van der Waals surface area contributed by atoms with Gasteiger partial charge in [0.05, 0.1) is 33.0 Å². The van der Waals surface area contributed by atoms with Crippen LogP contribution in [0.5, 0.6) is 0 Å². The summed E-state index contributed by atoms with van der Waals surface area (Å²) in [7, 11) is 0. The molecule has 0 aliphatic heterocycles. The number of Topliss-reactive ketones (excluding diaryl/α,β-unsaturated/α-hetero) is 1. The van der Waals surface area contributed by atoms with Crippen molar-refractivity contribution in [1.82, 2.24) is 35.5 Å². The molecule has 1 aromatic carbocycles. The van der Waals surface area contributed by atoms with E-state index in [0.29, 0.717) is 39.4 Å². The average Bonchev–Trinajstić information content (AvgIpc) is 3.79. The number of aromatic nitrogens is 6. The van der Waals surface area contributed by atoms with E-state index < -0.39 is 5.82 Å². The van der Waals surface area contributed by atoms with E-state index >= 15 is 4.39 Å². The van der Waals surface area contributed by atoms with Crippen molar-refractivity contribution in [1.29, 1.82) is 0 Å². The van der Waals surface area contributed by atoms with E-state index in [-0.39, 0.29) is 11.5 Å². The van der Waals surface area contributed by atoms with Crippen LogP contribution in [0.1, 0.15) is 47.8 Å². The molecule has 0 saturated heterocycles. The molecule has 5 heterocycles. The van der Waals surface area contributed by atoms with Gasteiger partial charge in [-0.1, -0.05) is 25.0 Å². The molecule has 0 bridgehead atoms. The fourth-order valence-corrected chi connectivity index (χ4v) is 6.64. The van der Waals surface area contributed by atoms with Crippen LogP contribution in [0.15, 0.2) is 55.0 Å². The van der Waals surface area contributed by atoms with Gasteiger partial charge in [0.25, 0.3) is 0 Å². The van der Waals surface area contributed by atoms with Gasteiger partial charge >= 0.3 is 0 Å². The average molecular weight is 566 g/mol. The van der Waals surface area contributed by atoms with Crippen molar-refractivity contribution in [2.45, 2.75) is 39.2 Å². The zero-order valence-electron chi connectivity index (χ0n) is 22.5. The number of halogens is 1. The summed E-state index contributed by atoms with van der Waals surface area (Å²) in [5, 5.41) is 11.2. The molecule has 3 N–H and O–H groups in total. The van der Waals surface area contributed by atoms with Gasteiger partial charge in [0.2, 0.25) is 0 Å². The number of benzene rings is 1. The van der Waals surface area contributed by atoms with Crippen molar-refractivity contribution in [3.8, 4) is 33.2 Å². The summed E-state index contributed by atoms with van der Waals surface area (Å²) in [6, 6.07) is 11.5. The van der Waals surface area contributed by atoms with Gasteiger partial charge in [-0.15, -0.1) is 11.3 Å². The summed E-state index contributed by atoms with van der Waals surface area (Å²) in [6.45, 7) is 3.23. The number of imidazole rings is 1. The number of pyridine rings is 2. The third kappa shape index (κ3) is 4.83. The molecular formula is C31H28FN7OS. The third-order valence-corrected chi connectivity index (χ3v) is 9.02. The normalized spacial score (nSPS) is 14.0. The van der Waals surface area contributed by atoms with Gasteiger partial charge in [0, 0.05) is 34.9 Å².